The van der Waals surface area contributed by atoms with Crippen LogP contribution in [0.15, 0.2) is 48.0 Å². The van der Waals surface area contributed by atoms with Gasteiger partial charge in [-0.15, -0.1) is 0 Å². The van der Waals surface area contributed by atoms with Crippen LogP contribution >= 0.6 is 34.2 Å². The van der Waals surface area contributed by atoms with Crippen LogP contribution in [0.1, 0.15) is 30.9 Å². The summed E-state index contributed by atoms with van der Waals surface area (Å²) in [4.78, 5) is 27.6. The van der Waals surface area contributed by atoms with E-state index in [1.54, 1.807) is 42.2 Å². The second-order valence-corrected chi connectivity index (χ2v) is 10.4. The Bertz CT molecular complexity index is 1160. The van der Waals surface area contributed by atoms with Crippen LogP contribution in [0.5, 0.6) is 11.5 Å². The van der Waals surface area contributed by atoms with E-state index in [9.17, 15) is 19.8 Å². The SMILES string of the molecule is CCC(=O)N(Cc1ccc(Cl)cc1)[C@@H]1CC(C(=O)NCCO)=C[C@H](Oc2c(I)cc(CO)cc2OC)[C@H]1O. The van der Waals surface area contributed by atoms with Crippen LogP contribution in [-0.4, -0.2) is 70.5 Å². The van der Waals surface area contributed by atoms with Crippen molar-refractivity contribution in [2.24, 2.45) is 0 Å². The lowest BCUT2D eigenvalue weighted by molar-refractivity contribution is -0.139. The molecule has 2 aromatic carbocycles. The minimum Gasteiger partial charge on any atom is -0.493 e. The molecule has 11 heteroatoms. The van der Waals surface area contributed by atoms with Crippen molar-refractivity contribution in [2.75, 3.05) is 20.3 Å². The summed E-state index contributed by atoms with van der Waals surface area (Å²) in [5.41, 5.74) is 1.77. The third kappa shape index (κ3) is 7.38. The fourth-order valence-corrected chi connectivity index (χ4v) is 5.19. The van der Waals surface area contributed by atoms with Crippen molar-refractivity contribution in [1.29, 1.82) is 0 Å². The standard InChI is InChI=1S/C27H32ClIN2O7/c1-3-24(34)31(14-16-4-6-19(28)7-5-16)21-12-18(27(36)30-8-9-32)13-22(25(21)35)38-26-20(29)10-17(15-33)11-23(26)37-2/h4-7,10-11,13,21-22,25,32-33,35H,3,8-9,12,14-15H2,1-2H3,(H,30,36)/t21-,22+,25+/m1/s1. The predicted octanol–water partition coefficient (Wildman–Crippen LogP) is 2.80. The van der Waals surface area contributed by atoms with E-state index in [-0.39, 0.29) is 45.1 Å². The van der Waals surface area contributed by atoms with E-state index in [0.717, 1.165) is 5.56 Å². The topological polar surface area (TPSA) is 129 Å². The number of carbonyl (C=O) groups excluding carboxylic acids is 2. The number of amides is 2. The molecule has 3 rings (SSSR count). The fraction of sp³-hybridized carbons (Fsp3) is 0.407. The lowest BCUT2D eigenvalue weighted by Gasteiger charge is -2.40. The van der Waals surface area contributed by atoms with Gasteiger partial charge in [0, 0.05) is 36.5 Å². The number of carbonyl (C=O) groups is 2. The number of ether oxygens (including phenoxy) is 2. The summed E-state index contributed by atoms with van der Waals surface area (Å²) in [6, 6.07) is 9.67. The van der Waals surface area contributed by atoms with Crippen molar-refractivity contribution in [1.82, 2.24) is 10.2 Å². The van der Waals surface area contributed by atoms with Crippen molar-refractivity contribution in [3.05, 3.63) is 67.8 Å². The Labute approximate surface area is 240 Å². The smallest absolute Gasteiger partial charge is 0.247 e. The van der Waals surface area contributed by atoms with Gasteiger partial charge in [0.1, 0.15) is 12.2 Å². The molecule has 0 spiro atoms. The number of aliphatic hydroxyl groups is 3. The highest BCUT2D eigenvalue weighted by atomic mass is 127. The number of rotatable bonds is 11. The number of nitrogens with one attached hydrogen (secondary N) is 1. The monoisotopic (exact) mass is 658 g/mol. The maximum atomic E-state index is 13.1. The van der Waals surface area contributed by atoms with E-state index in [1.807, 2.05) is 12.1 Å². The Morgan fingerprint density at radius 3 is 2.50 bits per heavy atom. The molecule has 0 aromatic heterocycles. The van der Waals surface area contributed by atoms with Crippen molar-refractivity contribution in [3.63, 3.8) is 0 Å². The van der Waals surface area contributed by atoms with Gasteiger partial charge >= 0.3 is 0 Å². The molecule has 4 N–H and O–H groups in total. The zero-order chi connectivity index (χ0) is 27.8. The number of aliphatic hydroxyl groups excluding tert-OH is 3. The number of benzene rings is 2. The van der Waals surface area contributed by atoms with Crippen LogP contribution in [0, 0.1) is 3.57 Å². The second-order valence-electron chi connectivity index (χ2n) is 8.78. The molecule has 0 radical (unpaired) electrons. The average molecular weight is 659 g/mol. The summed E-state index contributed by atoms with van der Waals surface area (Å²) in [7, 11) is 1.47. The van der Waals surface area contributed by atoms with E-state index >= 15 is 0 Å². The van der Waals surface area contributed by atoms with Gasteiger partial charge in [-0.3, -0.25) is 9.59 Å². The van der Waals surface area contributed by atoms with Crippen molar-refractivity contribution in [3.8, 4) is 11.5 Å². The van der Waals surface area contributed by atoms with Gasteiger partial charge in [0.15, 0.2) is 11.5 Å². The molecule has 2 amide bonds. The number of halogens is 2. The molecular weight excluding hydrogens is 627 g/mol. The highest BCUT2D eigenvalue weighted by Crippen LogP contribution is 2.37. The maximum absolute atomic E-state index is 13.1. The van der Waals surface area contributed by atoms with Gasteiger partial charge in [0.2, 0.25) is 11.8 Å². The third-order valence-electron chi connectivity index (χ3n) is 6.23. The van der Waals surface area contributed by atoms with Gasteiger partial charge in [0.05, 0.1) is 29.9 Å². The second kappa shape index (κ2) is 14.1. The summed E-state index contributed by atoms with van der Waals surface area (Å²) in [6.07, 6.45) is -0.337. The number of hydrogen-bond acceptors (Lipinski definition) is 7. The highest BCUT2D eigenvalue weighted by molar-refractivity contribution is 14.1. The lowest BCUT2D eigenvalue weighted by Crippen LogP contribution is -2.54. The van der Waals surface area contributed by atoms with Gasteiger partial charge in [-0.25, -0.2) is 0 Å². The van der Waals surface area contributed by atoms with E-state index in [0.29, 0.717) is 31.2 Å². The normalized spacial score (nSPS) is 18.9. The Morgan fingerprint density at radius 1 is 1.18 bits per heavy atom. The first-order valence-corrected chi connectivity index (χ1v) is 13.6. The van der Waals surface area contributed by atoms with Gasteiger partial charge in [-0.05, 0) is 64.1 Å². The largest absolute Gasteiger partial charge is 0.493 e. The minimum atomic E-state index is -1.18. The summed E-state index contributed by atoms with van der Waals surface area (Å²) in [5.74, 6) is 0.0847. The molecule has 0 bridgehead atoms. The van der Waals surface area contributed by atoms with Crippen molar-refractivity contribution >= 4 is 46.0 Å². The fourth-order valence-electron chi connectivity index (χ4n) is 4.27. The van der Waals surface area contributed by atoms with Crippen LogP contribution in [0.4, 0.5) is 0 Å². The van der Waals surface area contributed by atoms with E-state index in [1.165, 1.54) is 7.11 Å². The first kappa shape index (κ1) is 30.2. The molecule has 2 aromatic rings. The predicted molar refractivity (Wildman–Crippen MR) is 151 cm³/mol. The van der Waals surface area contributed by atoms with E-state index in [2.05, 4.69) is 27.9 Å². The molecule has 38 heavy (non-hydrogen) atoms. The molecule has 1 aliphatic carbocycles. The van der Waals surface area contributed by atoms with Crippen LogP contribution in [0.25, 0.3) is 0 Å². The molecule has 1 aliphatic rings. The molecule has 9 nitrogen and oxygen atoms in total. The van der Waals surface area contributed by atoms with Crippen LogP contribution < -0.4 is 14.8 Å². The zero-order valence-corrected chi connectivity index (χ0v) is 24.1. The van der Waals surface area contributed by atoms with Crippen LogP contribution in [-0.2, 0) is 22.7 Å². The first-order chi connectivity index (χ1) is 18.2. The van der Waals surface area contributed by atoms with Gasteiger partial charge in [0.25, 0.3) is 0 Å². The Hall–Kier alpha value is -2.38. The average Bonchev–Trinajstić information content (AvgIpc) is 2.92. The molecule has 0 heterocycles. The van der Waals surface area contributed by atoms with Gasteiger partial charge in [-0.1, -0.05) is 30.7 Å². The molecular formula is C27H32ClIN2O7. The molecule has 0 unspecified atom stereocenters. The molecule has 0 fully saturated rings. The van der Waals surface area contributed by atoms with Gasteiger partial charge in [-0.2, -0.15) is 0 Å². The molecule has 0 saturated carbocycles. The molecule has 0 aliphatic heterocycles. The lowest BCUT2D eigenvalue weighted by atomic mass is 9.87. The Kier molecular flexibility index (Phi) is 11.2. The quantitative estimate of drug-likeness (QED) is 0.274. The van der Waals surface area contributed by atoms with Crippen LogP contribution in [0.3, 0.4) is 0 Å². The summed E-state index contributed by atoms with van der Waals surface area (Å²) >= 11 is 8.08. The maximum Gasteiger partial charge on any atom is 0.247 e. The molecule has 0 saturated heterocycles. The number of hydrogen-bond donors (Lipinski definition) is 4. The highest BCUT2D eigenvalue weighted by Gasteiger charge is 2.40. The third-order valence-corrected chi connectivity index (χ3v) is 7.28. The molecule has 3 atom stereocenters. The molecule has 206 valence electrons. The summed E-state index contributed by atoms with van der Waals surface area (Å²) in [5, 5.41) is 33.4. The minimum absolute atomic E-state index is 0.0612. The Balaban J connectivity index is 2.01. The van der Waals surface area contributed by atoms with Crippen molar-refractivity contribution in [2.45, 2.75) is 51.2 Å². The van der Waals surface area contributed by atoms with Crippen molar-refractivity contribution < 1.29 is 34.4 Å². The van der Waals surface area contributed by atoms with Crippen LogP contribution in [0.2, 0.25) is 5.02 Å². The first-order valence-electron chi connectivity index (χ1n) is 12.2. The summed E-state index contributed by atoms with van der Waals surface area (Å²) in [6.45, 7) is 1.59. The van der Waals surface area contributed by atoms with E-state index in [4.69, 9.17) is 26.2 Å². The number of methoxy groups -OCH3 is 1. The Morgan fingerprint density at radius 2 is 1.89 bits per heavy atom. The zero-order valence-electron chi connectivity index (χ0n) is 21.2. The summed E-state index contributed by atoms with van der Waals surface area (Å²) < 4.78 is 12.3. The van der Waals surface area contributed by atoms with Gasteiger partial charge < -0.3 is 35.0 Å². The van der Waals surface area contributed by atoms with E-state index < -0.39 is 24.2 Å². The number of nitrogens with zero attached hydrogens (tertiary/aromatic N) is 1.